The van der Waals surface area contributed by atoms with Gasteiger partial charge in [-0.25, -0.2) is 0 Å². The topological polar surface area (TPSA) is 37.6 Å². The summed E-state index contributed by atoms with van der Waals surface area (Å²) in [6.45, 7) is 2.09. The van der Waals surface area contributed by atoms with Gasteiger partial charge in [0.15, 0.2) is 0 Å². The molecule has 1 saturated heterocycles. The van der Waals surface area contributed by atoms with Crippen LogP contribution in [0.1, 0.15) is 36.4 Å². The number of hydrogen-bond acceptors (Lipinski definition) is 3. The Bertz CT molecular complexity index is 1180. The summed E-state index contributed by atoms with van der Waals surface area (Å²) in [6, 6.07) is 26.8. The summed E-state index contributed by atoms with van der Waals surface area (Å²) < 4.78 is 6.93. The minimum Gasteiger partial charge on any atom is -0.497 e. The van der Waals surface area contributed by atoms with Gasteiger partial charge in [0.2, 0.25) is 0 Å². The van der Waals surface area contributed by atoms with E-state index in [1.54, 1.807) is 7.11 Å². The second kappa shape index (κ2) is 8.48. The lowest BCUT2D eigenvalue weighted by atomic mass is 9.91. The summed E-state index contributed by atoms with van der Waals surface area (Å²) in [6.07, 6.45) is 3.66. The zero-order valence-electron chi connectivity index (χ0n) is 17.9. The second-order valence-corrected chi connectivity index (χ2v) is 8.23. The van der Waals surface area contributed by atoms with E-state index in [4.69, 9.17) is 4.74 Å². The quantitative estimate of drug-likeness (QED) is 0.401. The van der Waals surface area contributed by atoms with Crippen LogP contribution in [-0.2, 0) is 0 Å². The number of rotatable bonds is 5. The molecule has 4 nitrogen and oxygen atoms in total. The summed E-state index contributed by atoms with van der Waals surface area (Å²) in [4.78, 5) is 2.56. The molecule has 0 aliphatic carbocycles. The first-order chi connectivity index (χ1) is 15.3. The fourth-order valence-corrected chi connectivity index (χ4v) is 4.95. The molecule has 1 fully saturated rings. The average Bonchev–Trinajstić information content (AvgIpc) is 3.13. The van der Waals surface area contributed by atoms with Crippen LogP contribution < -0.4 is 4.74 Å². The Morgan fingerprint density at radius 3 is 2.35 bits per heavy atom. The second-order valence-electron chi connectivity index (χ2n) is 8.23. The van der Waals surface area contributed by atoms with Gasteiger partial charge in [-0.2, -0.15) is 4.73 Å². The van der Waals surface area contributed by atoms with Gasteiger partial charge in [0.1, 0.15) is 5.75 Å². The van der Waals surface area contributed by atoms with Gasteiger partial charge in [-0.3, -0.25) is 4.90 Å². The third-order valence-corrected chi connectivity index (χ3v) is 6.38. The highest BCUT2D eigenvalue weighted by Gasteiger charge is 2.31. The van der Waals surface area contributed by atoms with Crippen molar-refractivity contribution in [1.29, 1.82) is 0 Å². The van der Waals surface area contributed by atoms with E-state index in [9.17, 15) is 5.21 Å². The van der Waals surface area contributed by atoms with Crippen molar-refractivity contribution in [1.82, 2.24) is 9.63 Å². The number of ether oxygens (including phenoxy) is 1. The van der Waals surface area contributed by atoms with Crippen LogP contribution in [0.4, 0.5) is 0 Å². The molecule has 1 unspecified atom stereocenters. The van der Waals surface area contributed by atoms with Crippen molar-refractivity contribution >= 4 is 10.9 Å². The van der Waals surface area contributed by atoms with Crippen molar-refractivity contribution in [3.8, 4) is 17.0 Å². The van der Waals surface area contributed by atoms with Crippen molar-refractivity contribution in [3.05, 3.63) is 90.0 Å². The molecule has 0 radical (unpaired) electrons. The Hall–Kier alpha value is -3.24. The lowest BCUT2D eigenvalue weighted by Gasteiger charge is -2.35. The minimum atomic E-state index is 0.0314. The van der Waals surface area contributed by atoms with Crippen molar-refractivity contribution in [2.75, 3.05) is 20.2 Å². The van der Waals surface area contributed by atoms with Crippen LogP contribution in [-0.4, -0.2) is 35.0 Å². The number of methoxy groups -OCH3 is 1. The number of likely N-dealkylation sites (tertiary alicyclic amines) is 1. The molecule has 1 aliphatic heterocycles. The van der Waals surface area contributed by atoms with Crippen LogP contribution in [0.25, 0.3) is 22.2 Å². The Kier molecular flexibility index (Phi) is 5.39. The molecule has 1 aliphatic rings. The molecule has 5 rings (SSSR count). The van der Waals surface area contributed by atoms with E-state index in [-0.39, 0.29) is 6.04 Å². The maximum absolute atomic E-state index is 11.3. The fourth-order valence-electron chi connectivity index (χ4n) is 4.95. The van der Waals surface area contributed by atoms with E-state index in [2.05, 4.69) is 47.4 Å². The highest BCUT2D eigenvalue weighted by atomic mass is 16.5. The SMILES string of the molecule is COc1cccc(C(c2c(-c3ccccc3)n(O)c3ccccc23)N2CCCCC2)c1. The number of hydrogen-bond donors (Lipinski definition) is 1. The van der Waals surface area contributed by atoms with Gasteiger partial charge in [-0.05, 0) is 49.7 Å². The minimum absolute atomic E-state index is 0.0314. The molecule has 31 heavy (non-hydrogen) atoms. The van der Waals surface area contributed by atoms with Crippen molar-refractivity contribution in [2.45, 2.75) is 25.3 Å². The van der Waals surface area contributed by atoms with E-state index in [1.165, 1.54) is 29.6 Å². The zero-order valence-corrected chi connectivity index (χ0v) is 17.9. The standard InChI is InChI=1S/C27H28N2O2/c1-31-22-14-10-13-21(19-22)26(28-17-8-3-9-18-28)25-23-15-6-7-16-24(23)29(30)27(25)20-11-4-2-5-12-20/h2,4-7,10-16,19,26,30H,3,8-9,17-18H2,1H3. The summed E-state index contributed by atoms with van der Waals surface area (Å²) in [7, 11) is 1.71. The third kappa shape index (κ3) is 3.57. The van der Waals surface area contributed by atoms with Crippen molar-refractivity contribution in [3.63, 3.8) is 0 Å². The van der Waals surface area contributed by atoms with Gasteiger partial charge in [0.25, 0.3) is 0 Å². The Labute approximate surface area is 183 Å². The van der Waals surface area contributed by atoms with E-state index >= 15 is 0 Å². The highest BCUT2D eigenvalue weighted by Crippen LogP contribution is 2.43. The smallest absolute Gasteiger partial charge is 0.119 e. The summed E-state index contributed by atoms with van der Waals surface area (Å²) in [5.41, 5.74) is 5.05. The monoisotopic (exact) mass is 412 g/mol. The maximum Gasteiger partial charge on any atom is 0.119 e. The molecule has 3 aromatic carbocycles. The highest BCUT2D eigenvalue weighted by molar-refractivity contribution is 5.92. The van der Waals surface area contributed by atoms with Crippen LogP contribution in [0, 0.1) is 0 Å². The molecule has 1 atom stereocenters. The van der Waals surface area contributed by atoms with E-state index < -0.39 is 0 Å². The molecule has 0 bridgehead atoms. The predicted molar refractivity (Wildman–Crippen MR) is 125 cm³/mol. The summed E-state index contributed by atoms with van der Waals surface area (Å²) >= 11 is 0. The first kappa shape index (κ1) is 19.7. The van der Waals surface area contributed by atoms with Gasteiger partial charge in [0, 0.05) is 16.5 Å². The Balaban J connectivity index is 1.80. The molecule has 4 heteroatoms. The molecule has 4 aromatic rings. The van der Waals surface area contributed by atoms with Crippen LogP contribution in [0.2, 0.25) is 0 Å². The van der Waals surface area contributed by atoms with E-state index in [0.717, 1.165) is 46.6 Å². The number of benzene rings is 3. The van der Waals surface area contributed by atoms with Crippen LogP contribution in [0.3, 0.4) is 0 Å². The number of piperidine rings is 1. The zero-order chi connectivity index (χ0) is 21.2. The maximum atomic E-state index is 11.3. The molecule has 0 saturated carbocycles. The number of aromatic nitrogens is 1. The fraction of sp³-hybridized carbons (Fsp3) is 0.259. The predicted octanol–water partition coefficient (Wildman–Crippen LogP) is 6.13. The molecular weight excluding hydrogens is 384 g/mol. The lowest BCUT2D eigenvalue weighted by molar-refractivity contribution is 0.183. The van der Waals surface area contributed by atoms with Crippen molar-refractivity contribution < 1.29 is 9.94 Å². The number of nitrogens with zero attached hydrogens (tertiary/aromatic N) is 2. The van der Waals surface area contributed by atoms with Crippen LogP contribution >= 0.6 is 0 Å². The van der Waals surface area contributed by atoms with Gasteiger partial charge in [-0.1, -0.05) is 67.1 Å². The van der Waals surface area contributed by atoms with Gasteiger partial charge >= 0.3 is 0 Å². The number of para-hydroxylation sites is 1. The third-order valence-electron chi connectivity index (χ3n) is 6.38. The molecular formula is C27H28N2O2. The summed E-state index contributed by atoms with van der Waals surface area (Å²) in [5.74, 6) is 0.855. The molecule has 1 N–H and O–H groups in total. The lowest BCUT2D eigenvalue weighted by Crippen LogP contribution is -2.34. The Morgan fingerprint density at radius 2 is 1.58 bits per heavy atom. The van der Waals surface area contributed by atoms with E-state index in [0.29, 0.717) is 0 Å². The summed E-state index contributed by atoms with van der Waals surface area (Å²) in [5, 5.41) is 12.4. The van der Waals surface area contributed by atoms with Crippen LogP contribution in [0.5, 0.6) is 5.75 Å². The van der Waals surface area contributed by atoms with Gasteiger partial charge in [0.05, 0.1) is 24.4 Å². The Morgan fingerprint density at radius 1 is 0.839 bits per heavy atom. The van der Waals surface area contributed by atoms with Crippen LogP contribution in [0.15, 0.2) is 78.9 Å². The normalized spacial score (nSPS) is 15.8. The van der Waals surface area contributed by atoms with Crippen molar-refractivity contribution in [2.24, 2.45) is 0 Å². The van der Waals surface area contributed by atoms with Gasteiger partial charge < -0.3 is 9.94 Å². The first-order valence-electron chi connectivity index (χ1n) is 11.0. The van der Waals surface area contributed by atoms with E-state index in [1.807, 2.05) is 36.4 Å². The molecule has 2 heterocycles. The largest absolute Gasteiger partial charge is 0.497 e. The average molecular weight is 413 g/mol. The van der Waals surface area contributed by atoms with Gasteiger partial charge in [-0.15, -0.1) is 0 Å². The first-order valence-corrected chi connectivity index (χ1v) is 11.0. The number of fused-ring (bicyclic) bond motifs is 1. The molecule has 158 valence electrons. The molecule has 0 spiro atoms. The molecule has 1 aromatic heterocycles. The molecule has 0 amide bonds.